The van der Waals surface area contributed by atoms with Gasteiger partial charge in [0.25, 0.3) is 0 Å². The third-order valence-electron chi connectivity index (χ3n) is 4.63. The Kier molecular flexibility index (Phi) is 3.42. The van der Waals surface area contributed by atoms with Gasteiger partial charge in [0.1, 0.15) is 5.82 Å². The van der Waals surface area contributed by atoms with Crippen molar-refractivity contribution in [3.63, 3.8) is 0 Å². The topological polar surface area (TPSA) is 27.0 Å². The highest BCUT2D eigenvalue weighted by Gasteiger charge is 2.34. The molecule has 0 unspecified atom stereocenters. The van der Waals surface area contributed by atoms with Gasteiger partial charge in [-0.15, -0.1) is 0 Å². The molecular weight excluding hydrogens is 239 g/mol. The van der Waals surface area contributed by atoms with Gasteiger partial charge in [-0.3, -0.25) is 0 Å². The Morgan fingerprint density at radius 2 is 1.95 bits per heavy atom. The molecule has 1 aromatic rings. The van der Waals surface area contributed by atoms with E-state index in [0.29, 0.717) is 17.3 Å². The van der Waals surface area contributed by atoms with Crippen LogP contribution in [0.4, 0.5) is 10.1 Å². The van der Waals surface area contributed by atoms with Gasteiger partial charge in [0.2, 0.25) is 0 Å². The number of rotatable bonds is 1. The SMILES string of the molecule is N#Cc1ccc(N2CCC[C@H]3CCCC[C@H]32)c(F)c1. The van der Waals surface area contributed by atoms with E-state index in [1.807, 2.05) is 6.07 Å². The first kappa shape index (κ1) is 12.5. The molecule has 3 rings (SSSR count). The molecular formula is C16H19FN2. The molecule has 2 nitrogen and oxygen atoms in total. The number of nitriles is 1. The van der Waals surface area contributed by atoms with Crippen LogP contribution in [0.2, 0.25) is 0 Å². The molecule has 100 valence electrons. The second-order valence-corrected chi connectivity index (χ2v) is 5.73. The van der Waals surface area contributed by atoms with Crippen molar-refractivity contribution in [2.75, 3.05) is 11.4 Å². The molecule has 2 aliphatic rings. The molecule has 0 bridgehead atoms. The lowest BCUT2D eigenvalue weighted by atomic mass is 9.78. The Morgan fingerprint density at radius 1 is 1.16 bits per heavy atom. The molecule has 2 atom stereocenters. The van der Waals surface area contributed by atoms with E-state index in [0.717, 1.165) is 18.9 Å². The lowest BCUT2D eigenvalue weighted by Gasteiger charge is -2.45. The zero-order chi connectivity index (χ0) is 13.2. The monoisotopic (exact) mass is 258 g/mol. The average molecular weight is 258 g/mol. The summed E-state index contributed by atoms with van der Waals surface area (Å²) in [6, 6.07) is 7.37. The quantitative estimate of drug-likeness (QED) is 0.765. The summed E-state index contributed by atoms with van der Waals surface area (Å²) >= 11 is 0. The average Bonchev–Trinajstić information content (AvgIpc) is 2.46. The van der Waals surface area contributed by atoms with Crippen LogP contribution in [0.3, 0.4) is 0 Å². The molecule has 0 N–H and O–H groups in total. The third kappa shape index (κ3) is 2.32. The molecule has 3 heteroatoms. The Balaban J connectivity index is 1.90. The van der Waals surface area contributed by atoms with E-state index < -0.39 is 0 Å². The summed E-state index contributed by atoms with van der Waals surface area (Å²) in [4.78, 5) is 2.25. The van der Waals surface area contributed by atoms with Crippen LogP contribution in [0.15, 0.2) is 18.2 Å². The van der Waals surface area contributed by atoms with E-state index in [9.17, 15) is 4.39 Å². The molecule has 0 aromatic heterocycles. The summed E-state index contributed by atoms with van der Waals surface area (Å²) in [7, 11) is 0. The van der Waals surface area contributed by atoms with Crippen molar-refractivity contribution in [3.8, 4) is 6.07 Å². The summed E-state index contributed by atoms with van der Waals surface area (Å²) in [5, 5.41) is 8.82. The fourth-order valence-electron chi connectivity index (χ4n) is 3.73. The van der Waals surface area contributed by atoms with Crippen molar-refractivity contribution in [1.82, 2.24) is 0 Å². The number of piperidine rings is 1. The first-order chi connectivity index (χ1) is 9.29. The molecule has 0 amide bonds. The number of hydrogen-bond acceptors (Lipinski definition) is 2. The Hall–Kier alpha value is -1.56. The van der Waals surface area contributed by atoms with Crippen LogP contribution in [0, 0.1) is 23.1 Å². The Labute approximate surface area is 113 Å². The highest BCUT2D eigenvalue weighted by Crippen LogP contribution is 2.38. The van der Waals surface area contributed by atoms with Crippen LogP contribution in [-0.4, -0.2) is 12.6 Å². The van der Waals surface area contributed by atoms with E-state index >= 15 is 0 Å². The van der Waals surface area contributed by atoms with Gasteiger partial charge in [-0.05, 0) is 49.8 Å². The van der Waals surface area contributed by atoms with Gasteiger partial charge in [0.05, 0.1) is 17.3 Å². The fraction of sp³-hybridized carbons (Fsp3) is 0.562. The molecule has 0 spiro atoms. The first-order valence-electron chi connectivity index (χ1n) is 7.26. The number of fused-ring (bicyclic) bond motifs is 1. The van der Waals surface area contributed by atoms with Gasteiger partial charge >= 0.3 is 0 Å². The first-order valence-corrected chi connectivity index (χ1v) is 7.26. The highest BCUT2D eigenvalue weighted by atomic mass is 19.1. The predicted octanol–water partition coefficient (Wildman–Crippen LogP) is 3.86. The smallest absolute Gasteiger partial charge is 0.147 e. The summed E-state index contributed by atoms with van der Waals surface area (Å²) < 4.78 is 14.2. The Bertz CT molecular complexity index is 504. The van der Waals surface area contributed by atoms with Crippen LogP contribution in [0.1, 0.15) is 44.1 Å². The second-order valence-electron chi connectivity index (χ2n) is 5.73. The number of halogens is 1. The maximum absolute atomic E-state index is 14.2. The van der Waals surface area contributed by atoms with E-state index in [1.54, 1.807) is 12.1 Å². The molecule has 1 saturated carbocycles. The maximum atomic E-state index is 14.2. The fourth-order valence-corrected chi connectivity index (χ4v) is 3.73. The number of nitrogens with zero attached hydrogens (tertiary/aromatic N) is 2. The lowest BCUT2D eigenvalue weighted by molar-refractivity contribution is 0.242. The van der Waals surface area contributed by atoms with Crippen LogP contribution in [-0.2, 0) is 0 Å². The maximum Gasteiger partial charge on any atom is 0.147 e. The molecule has 19 heavy (non-hydrogen) atoms. The standard InChI is InChI=1S/C16H19FN2/c17-14-10-12(11-18)7-8-16(14)19-9-3-5-13-4-1-2-6-15(13)19/h7-8,10,13,15H,1-6,9H2/t13-,15-/m1/s1. The van der Waals surface area contributed by atoms with E-state index in [4.69, 9.17) is 5.26 Å². The van der Waals surface area contributed by atoms with E-state index in [1.165, 1.54) is 38.2 Å². The zero-order valence-corrected chi connectivity index (χ0v) is 11.1. The third-order valence-corrected chi connectivity index (χ3v) is 4.63. The van der Waals surface area contributed by atoms with Gasteiger partial charge in [-0.2, -0.15) is 5.26 Å². The van der Waals surface area contributed by atoms with Crippen molar-refractivity contribution in [2.45, 2.75) is 44.6 Å². The van der Waals surface area contributed by atoms with Crippen LogP contribution in [0.5, 0.6) is 0 Å². The summed E-state index contributed by atoms with van der Waals surface area (Å²) in [6.45, 7) is 0.948. The zero-order valence-electron chi connectivity index (χ0n) is 11.1. The lowest BCUT2D eigenvalue weighted by Crippen LogP contribution is -2.47. The number of hydrogen-bond donors (Lipinski definition) is 0. The van der Waals surface area contributed by atoms with Gasteiger partial charge in [0.15, 0.2) is 0 Å². The van der Waals surface area contributed by atoms with Gasteiger partial charge in [0, 0.05) is 12.6 Å². The molecule has 1 aliphatic heterocycles. The van der Waals surface area contributed by atoms with Crippen molar-refractivity contribution in [1.29, 1.82) is 5.26 Å². The van der Waals surface area contributed by atoms with Gasteiger partial charge in [-0.1, -0.05) is 12.8 Å². The minimum Gasteiger partial charge on any atom is -0.366 e. The van der Waals surface area contributed by atoms with Crippen LogP contribution >= 0.6 is 0 Å². The van der Waals surface area contributed by atoms with Crippen molar-refractivity contribution < 1.29 is 4.39 Å². The van der Waals surface area contributed by atoms with Crippen molar-refractivity contribution in [2.24, 2.45) is 5.92 Å². The molecule has 0 radical (unpaired) electrons. The number of anilines is 1. The number of benzene rings is 1. The minimum atomic E-state index is -0.245. The van der Waals surface area contributed by atoms with Gasteiger partial charge in [-0.25, -0.2) is 4.39 Å². The molecule has 1 aliphatic carbocycles. The van der Waals surface area contributed by atoms with E-state index in [2.05, 4.69) is 4.90 Å². The second kappa shape index (κ2) is 5.21. The van der Waals surface area contributed by atoms with E-state index in [-0.39, 0.29) is 5.82 Å². The summed E-state index contributed by atoms with van der Waals surface area (Å²) in [5.74, 6) is 0.489. The van der Waals surface area contributed by atoms with Crippen molar-refractivity contribution >= 4 is 5.69 Å². The summed E-state index contributed by atoms with van der Waals surface area (Å²) in [6.07, 6.45) is 7.50. The van der Waals surface area contributed by atoms with Crippen LogP contribution < -0.4 is 4.90 Å². The highest BCUT2D eigenvalue weighted by molar-refractivity contribution is 5.52. The van der Waals surface area contributed by atoms with Crippen molar-refractivity contribution in [3.05, 3.63) is 29.6 Å². The molecule has 1 aromatic carbocycles. The summed E-state index contributed by atoms with van der Waals surface area (Å²) in [5.41, 5.74) is 1.09. The normalized spacial score (nSPS) is 26.6. The van der Waals surface area contributed by atoms with Gasteiger partial charge < -0.3 is 4.90 Å². The molecule has 1 heterocycles. The largest absolute Gasteiger partial charge is 0.366 e. The minimum absolute atomic E-state index is 0.245. The molecule has 1 saturated heterocycles. The Morgan fingerprint density at radius 3 is 2.74 bits per heavy atom. The molecule has 2 fully saturated rings. The van der Waals surface area contributed by atoms with Crippen LogP contribution in [0.25, 0.3) is 0 Å². The predicted molar refractivity (Wildman–Crippen MR) is 73.4 cm³/mol.